The summed E-state index contributed by atoms with van der Waals surface area (Å²) in [6.45, 7) is 6.47. The summed E-state index contributed by atoms with van der Waals surface area (Å²) in [7, 11) is 4.06. The van der Waals surface area contributed by atoms with Gasteiger partial charge in [0.2, 0.25) is 0 Å². The number of ether oxygens (including phenoxy) is 1. The lowest BCUT2D eigenvalue weighted by molar-refractivity contribution is 0.0625. The predicted octanol–water partition coefficient (Wildman–Crippen LogP) is 2.80. The van der Waals surface area contributed by atoms with Crippen LogP contribution in [-0.2, 0) is 4.74 Å². The monoisotopic (exact) mass is 464 g/mol. The molecule has 0 aromatic rings. The van der Waals surface area contributed by atoms with Crippen LogP contribution in [0.1, 0.15) is 44.9 Å². The molecule has 0 atom stereocenters. The van der Waals surface area contributed by atoms with Gasteiger partial charge in [0.1, 0.15) is 0 Å². The van der Waals surface area contributed by atoms with Crippen molar-refractivity contribution in [2.24, 2.45) is 16.8 Å². The van der Waals surface area contributed by atoms with Crippen LogP contribution >= 0.6 is 24.0 Å². The predicted molar refractivity (Wildman–Crippen MR) is 115 cm³/mol. The molecule has 0 unspecified atom stereocenters. The highest BCUT2D eigenvalue weighted by atomic mass is 127. The molecule has 2 aliphatic carbocycles. The first-order chi connectivity index (χ1) is 11.8. The minimum Gasteiger partial charge on any atom is -0.381 e. The molecule has 3 fully saturated rings. The van der Waals surface area contributed by atoms with Gasteiger partial charge in [0.25, 0.3) is 0 Å². The Bertz CT molecular complexity index is 406. The average Bonchev–Trinajstić information content (AvgIpc) is 3.49. The lowest BCUT2D eigenvalue weighted by atomic mass is 9.96. The van der Waals surface area contributed by atoms with Crippen molar-refractivity contribution in [3.8, 4) is 0 Å². The largest absolute Gasteiger partial charge is 0.381 e. The van der Waals surface area contributed by atoms with Gasteiger partial charge in [-0.05, 0) is 56.8 Å². The smallest absolute Gasteiger partial charge is 0.193 e. The number of aliphatic imine (C=N–C) groups is 1. The number of guanidine groups is 1. The highest BCUT2D eigenvalue weighted by molar-refractivity contribution is 14.0. The molecule has 1 aliphatic heterocycles. The average molecular weight is 464 g/mol. The summed E-state index contributed by atoms with van der Waals surface area (Å²) in [5.74, 6) is 2.86. The molecule has 2 saturated carbocycles. The van der Waals surface area contributed by atoms with Gasteiger partial charge in [-0.25, -0.2) is 0 Å². The van der Waals surface area contributed by atoms with E-state index in [1.165, 1.54) is 51.5 Å². The second-order valence-electron chi connectivity index (χ2n) is 7.91. The lowest BCUT2D eigenvalue weighted by Crippen LogP contribution is -2.44. The van der Waals surface area contributed by atoms with E-state index < -0.39 is 0 Å². The Hall–Kier alpha value is -0.0800. The molecular weight excluding hydrogens is 427 g/mol. The Morgan fingerprint density at radius 1 is 1.04 bits per heavy atom. The van der Waals surface area contributed by atoms with E-state index in [9.17, 15) is 0 Å². The number of hydrogen-bond acceptors (Lipinski definition) is 3. The van der Waals surface area contributed by atoms with Crippen LogP contribution < -0.4 is 5.32 Å². The van der Waals surface area contributed by atoms with Crippen LogP contribution in [0.4, 0.5) is 0 Å². The summed E-state index contributed by atoms with van der Waals surface area (Å²) in [6.07, 6.45) is 9.41. The fraction of sp³-hybridized carbons (Fsp3) is 0.947. The number of halogens is 1. The summed E-state index contributed by atoms with van der Waals surface area (Å²) < 4.78 is 5.45. The van der Waals surface area contributed by atoms with Crippen molar-refractivity contribution in [2.75, 3.05) is 53.5 Å². The van der Waals surface area contributed by atoms with E-state index in [4.69, 9.17) is 4.74 Å². The van der Waals surface area contributed by atoms with E-state index in [1.54, 1.807) is 0 Å². The van der Waals surface area contributed by atoms with Crippen LogP contribution in [0.3, 0.4) is 0 Å². The van der Waals surface area contributed by atoms with Crippen molar-refractivity contribution in [2.45, 2.75) is 51.0 Å². The van der Waals surface area contributed by atoms with Gasteiger partial charge in [-0.2, -0.15) is 0 Å². The first-order valence-corrected chi connectivity index (χ1v) is 10.00. The third kappa shape index (κ3) is 7.59. The van der Waals surface area contributed by atoms with Crippen molar-refractivity contribution >= 4 is 29.9 Å². The van der Waals surface area contributed by atoms with Crippen molar-refractivity contribution in [3.05, 3.63) is 0 Å². The number of nitrogens with zero attached hydrogens (tertiary/aromatic N) is 3. The lowest BCUT2D eigenvalue weighted by Gasteiger charge is -2.28. The van der Waals surface area contributed by atoms with E-state index in [0.717, 1.165) is 56.7 Å². The second kappa shape index (κ2) is 10.9. The molecule has 0 aromatic carbocycles. The minimum atomic E-state index is 0. The summed E-state index contributed by atoms with van der Waals surface area (Å²) in [4.78, 5) is 9.47. The van der Waals surface area contributed by atoms with Crippen molar-refractivity contribution < 1.29 is 4.74 Å². The number of rotatable bonds is 9. The maximum absolute atomic E-state index is 5.45. The van der Waals surface area contributed by atoms with E-state index in [1.807, 2.05) is 7.05 Å². The highest BCUT2D eigenvalue weighted by Gasteiger charge is 2.33. The first kappa shape index (κ1) is 21.2. The van der Waals surface area contributed by atoms with E-state index in [-0.39, 0.29) is 24.0 Å². The molecule has 25 heavy (non-hydrogen) atoms. The Labute approximate surface area is 171 Å². The number of hydrogen-bond donors (Lipinski definition) is 1. The Morgan fingerprint density at radius 3 is 2.36 bits per heavy atom. The van der Waals surface area contributed by atoms with Crippen LogP contribution in [0.25, 0.3) is 0 Å². The van der Waals surface area contributed by atoms with Crippen LogP contribution in [0, 0.1) is 11.8 Å². The van der Waals surface area contributed by atoms with Crippen LogP contribution in [0.15, 0.2) is 4.99 Å². The normalized spacial score (nSPS) is 22.0. The molecule has 1 heterocycles. The molecule has 3 aliphatic rings. The topological polar surface area (TPSA) is 40.1 Å². The summed E-state index contributed by atoms with van der Waals surface area (Å²) >= 11 is 0. The van der Waals surface area contributed by atoms with E-state index in [0.29, 0.717) is 0 Å². The van der Waals surface area contributed by atoms with E-state index >= 15 is 0 Å². The molecule has 0 bridgehead atoms. The van der Waals surface area contributed by atoms with Gasteiger partial charge in [0, 0.05) is 59.5 Å². The van der Waals surface area contributed by atoms with Gasteiger partial charge < -0.3 is 15.0 Å². The third-order valence-corrected chi connectivity index (χ3v) is 5.72. The fourth-order valence-corrected chi connectivity index (χ4v) is 3.71. The molecular formula is C19H37IN4O. The Kier molecular flexibility index (Phi) is 9.27. The van der Waals surface area contributed by atoms with Gasteiger partial charge in [-0.15, -0.1) is 24.0 Å². The quantitative estimate of drug-likeness (QED) is 0.324. The summed E-state index contributed by atoms with van der Waals surface area (Å²) in [5, 5.41) is 3.57. The SMILES string of the molecule is CN=C(NCCN(CC1CC1)C1CC1)N(C)CCC1CCOCC1.I. The maximum Gasteiger partial charge on any atom is 0.193 e. The van der Waals surface area contributed by atoms with E-state index in [2.05, 4.69) is 27.2 Å². The molecule has 0 aromatic heterocycles. The summed E-state index contributed by atoms with van der Waals surface area (Å²) in [6, 6.07) is 0.876. The van der Waals surface area contributed by atoms with Gasteiger partial charge in [-0.1, -0.05) is 0 Å². The maximum atomic E-state index is 5.45. The fourth-order valence-electron chi connectivity index (χ4n) is 3.71. The van der Waals surface area contributed by atoms with Gasteiger partial charge in [0.05, 0.1) is 0 Å². The van der Waals surface area contributed by atoms with Crippen molar-refractivity contribution in [1.29, 1.82) is 0 Å². The zero-order valence-electron chi connectivity index (χ0n) is 16.1. The molecule has 0 spiro atoms. The summed E-state index contributed by atoms with van der Waals surface area (Å²) in [5.41, 5.74) is 0. The molecule has 3 rings (SSSR count). The highest BCUT2D eigenvalue weighted by Crippen LogP contribution is 2.34. The Balaban J connectivity index is 0.00000225. The molecule has 146 valence electrons. The second-order valence-corrected chi connectivity index (χ2v) is 7.91. The molecule has 0 radical (unpaired) electrons. The van der Waals surface area contributed by atoms with Gasteiger partial charge >= 0.3 is 0 Å². The molecule has 1 saturated heterocycles. The zero-order valence-corrected chi connectivity index (χ0v) is 18.4. The first-order valence-electron chi connectivity index (χ1n) is 10.00. The third-order valence-electron chi connectivity index (χ3n) is 5.72. The minimum absolute atomic E-state index is 0. The van der Waals surface area contributed by atoms with Gasteiger partial charge in [-0.3, -0.25) is 9.89 Å². The van der Waals surface area contributed by atoms with Crippen molar-refractivity contribution in [3.63, 3.8) is 0 Å². The van der Waals surface area contributed by atoms with Crippen LogP contribution in [-0.4, -0.2) is 75.3 Å². The molecule has 5 nitrogen and oxygen atoms in total. The molecule has 1 N–H and O–H groups in total. The Morgan fingerprint density at radius 2 is 1.76 bits per heavy atom. The zero-order chi connectivity index (χ0) is 16.8. The van der Waals surface area contributed by atoms with Crippen molar-refractivity contribution in [1.82, 2.24) is 15.1 Å². The standard InChI is InChI=1S/C19H36N4O.HI/c1-20-19(22(2)11-7-16-8-13-24-14-9-16)21-10-12-23(18-5-6-18)15-17-3-4-17;/h16-18H,3-15H2,1-2H3,(H,20,21);1H. The number of nitrogens with one attached hydrogen (secondary N) is 1. The molecule has 6 heteroatoms. The van der Waals surface area contributed by atoms with Gasteiger partial charge in [0.15, 0.2) is 5.96 Å². The van der Waals surface area contributed by atoms with Crippen LogP contribution in [0.5, 0.6) is 0 Å². The molecule has 0 amide bonds. The van der Waals surface area contributed by atoms with Crippen LogP contribution in [0.2, 0.25) is 0 Å².